The third-order valence-electron chi connectivity index (χ3n) is 2.43. The lowest BCUT2D eigenvalue weighted by Gasteiger charge is -2.05. The number of anilines is 1. The van der Waals surface area contributed by atoms with E-state index in [1.54, 1.807) is 18.3 Å². The zero-order valence-corrected chi connectivity index (χ0v) is 10.2. The van der Waals surface area contributed by atoms with Gasteiger partial charge in [0.1, 0.15) is 0 Å². The van der Waals surface area contributed by atoms with Crippen LogP contribution < -0.4 is 10.5 Å². The SMILES string of the molecule is Cc1nc(Oc2cnn(C(C)C)c2)ccc1N. The molecular formula is C12H16N4O. The Labute approximate surface area is 100 Å². The van der Waals surface area contributed by atoms with Gasteiger partial charge in [-0.1, -0.05) is 0 Å². The first kappa shape index (κ1) is 11.4. The summed E-state index contributed by atoms with van der Waals surface area (Å²) >= 11 is 0. The van der Waals surface area contributed by atoms with Gasteiger partial charge in [-0.3, -0.25) is 4.68 Å². The molecule has 0 aliphatic rings. The minimum atomic E-state index is 0.313. The number of hydrogen-bond donors (Lipinski definition) is 1. The lowest BCUT2D eigenvalue weighted by Crippen LogP contribution is -1.99. The van der Waals surface area contributed by atoms with Crippen molar-refractivity contribution in [1.82, 2.24) is 14.8 Å². The third-order valence-corrected chi connectivity index (χ3v) is 2.43. The number of rotatable bonds is 3. The molecule has 2 aromatic rings. The van der Waals surface area contributed by atoms with Gasteiger partial charge in [-0.2, -0.15) is 5.10 Å². The van der Waals surface area contributed by atoms with Crippen molar-refractivity contribution in [3.8, 4) is 11.6 Å². The molecule has 2 rings (SSSR count). The lowest BCUT2D eigenvalue weighted by atomic mass is 10.3. The van der Waals surface area contributed by atoms with Crippen LogP contribution in [0.2, 0.25) is 0 Å². The molecule has 0 unspecified atom stereocenters. The fraction of sp³-hybridized carbons (Fsp3) is 0.333. The Bertz CT molecular complexity index is 519. The van der Waals surface area contributed by atoms with E-state index < -0.39 is 0 Å². The van der Waals surface area contributed by atoms with Gasteiger partial charge in [0.05, 0.1) is 23.8 Å². The summed E-state index contributed by atoms with van der Waals surface area (Å²) in [6.45, 7) is 5.96. The van der Waals surface area contributed by atoms with E-state index in [4.69, 9.17) is 10.5 Å². The molecule has 5 nitrogen and oxygen atoms in total. The quantitative estimate of drug-likeness (QED) is 0.883. The topological polar surface area (TPSA) is 66.0 Å². The van der Waals surface area contributed by atoms with Crippen LogP contribution >= 0.6 is 0 Å². The molecule has 0 radical (unpaired) electrons. The Kier molecular flexibility index (Phi) is 2.99. The van der Waals surface area contributed by atoms with Crippen LogP contribution in [0.4, 0.5) is 5.69 Å². The van der Waals surface area contributed by atoms with Crippen LogP contribution in [0.25, 0.3) is 0 Å². The fourth-order valence-corrected chi connectivity index (χ4v) is 1.38. The van der Waals surface area contributed by atoms with E-state index in [0.717, 1.165) is 5.69 Å². The number of ether oxygens (including phenoxy) is 1. The Balaban J connectivity index is 2.16. The molecule has 5 heteroatoms. The molecule has 0 aromatic carbocycles. The number of aryl methyl sites for hydroxylation is 1. The van der Waals surface area contributed by atoms with Crippen LogP contribution in [0.3, 0.4) is 0 Å². The number of nitrogen functional groups attached to an aromatic ring is 1. The van der Waals surface area contributed by atoms with Crippen LogP contribution in [-0.2, 0) is 0 Å². The molecule has 0 fully saturated rings. The minimum absolute atomic E-state index is 0.313. The Morgan fingerprint density at radius 3 is 2.71 bits per heavy atom. The van der Waals surface area contributed by atoms with E-state index in [1.807, 2.05) is 17.8 Å². The summed E-state index contributed by atoms with van der Waals surface area (Å²) in [4.78, 5) is 4.24. The molecular weight excluding hydrogens is 216 g/mol. The van der Waals surface area contributed by atoms with E-state index in [2.05, 4.69) is 23.9 Å². The molecule has 0 spiro atoms. The molecule has 2 N–H and O–H groups in total. The first-order valence-corrected chi connectivity index (χ1v) is 5.51. The summed E-state index contributed by atoms with van der Waals surface area (Å²) in [6.07, 6.45) is 3.52. The molecule has 90 valence electrons. The first-order chi connectivity index (χ1) is 8.06. The Morgan fingerprint density at radius 1 is 1.35 bits per heavy atom. The lowest BCUT2D eigenvalue weighted by molar-refractivity contribution is 0.458. The van der Waals surface area contributed by atoms with Gasteiger partial charge in [0.15, 0.2) is 5.75 Å². The predicted octanol–water partition coefficient (Wildman–Crippen LogP) is 2.54. The summed E-state index contributed by atoms with van der Waals surface area (Å²) in [5.74, 6) is 1.20. The van der Waals surface area contributed by atoms with Crippen molar-refractivity contribution < 1.29 is 4.74 Å². The summed E-state index contributed by atoms with van der Waals surface area (Å²) in [7, 11) is 0. The van der Waals surface area contributed by atoms with E-state index in [-0.39, 0.29) is 0 Å². The molecule has 2 aromatic heterocycles. The van der Waals surface area contributed by atoms with Gasteiger partial charge in [0.25, 0.3) is 0 Å². The number of aromatic nitrogens is 3. The maximum Gasteiger partial charge on any atom is 0.219 e. The van der Waals surface area contributed by atoms with Crippen molar-refractivity contribution in [2.24, 2.45) is 0 Å². The average molecular weight is 232 g/mol. The zero-order chi connectivity index (χ0) is 12.4. The molecule has 0 atom stereocenters. The smallest absolute Gasteiger partial charge is 0.219 e. The second kappa shape index (κ2) is 4.45. The van der Waals surface area contributed by atoms with E-state index in [1.165, 1.54) is 0 Å². The van der Waals surface area contributed by atoms with Crippen molar-refractivity contribution in [2.75, 3.05) is 5.73 Å². The maximum absolute atomic E-state index is 5.69. The third kappa shape index (κ3) is 2.55. The molecule has 0 bridgehead atoms. The van der Waals surface area contributed by atoms with Gasteiger partial charge in [-0.15, -0.1) is 0 Å². The molecule has 0 amide bonds. The normalized spacial score (nSPS) is 10.8. The van der Waals surface area contributed by atoms with Gasteiger partial charge >= 0.3 is 0 Å². The summed E-state index contributed by atoms with van der Waals surface area (Å²) in [5.41, 5.74) is 7.12. The first-order valence-electron chi connectivity index (χ1n) is 5.51. The van der Waals surface area contributed by atoms with Crippen LogP contribution in [-0.4, -0.2) is 14.8 Å². The molecule has 2 heterocycles. The van der Waals surface area contributed by atoms with Crippen molar-refractivity contribution in [3.63, 3.8) is 0 Å². The van der Waals surface area contributed by atoms with Crippen molar-refractivity contribution >= 4 is 5.69 Å². The van der Waals surface area contributed by atoms with E-state index in [0.29, 0.717) is 23.4 Å². The molecule has 0 aliphatic heterocycles. The predicted molar refractivity (Wildman–Crippen MR) is 66.1 cm³/mol. The number of hydrogen-bond acceptors (Lipinski definition) is 4. The van der Waals surface area contributed by atoms with Crippen molar-refractivity contribution in [2.45, 2.75) is 26.8 Å². The fourth-order valence-electron chi connectivity index (χ4n) is 1.38. The Hall–Kier alpha value is -2.04. The van der Waals surface area contributed by atoms with Crippen LogP contribution in [0.1, 0.15) is 25.6 Å². The summed E-state index contributed by atoms with van der Waals surface area (Å²) < 4.78 is 7.43. The number of nitrogens with two attached hydrogens (primary N) is 1. The van der Waals surface area contributed by atoms with E-state index in [9.17, 15) is 0 Å². The number of pyridine rings is 1. The molecule has 17 heavy (non-hydrogen) atoms. The second-order valence-corrected chi connectivity index (χ2v) is 4.18. The van der Waals surface area contributed by atoms with Gasteiger partial charge in [0.2, 0.25) is 5.88 Å². The van der Waals surface area contributed by atoms with Crippen LogP contribution in [0, 0.1) is 6.92 Å². The van der Waals surface area contributed by atoms with Crippen LogP contribution in [0.15, 0.2) is 24.5 Å². The highest BCUT2D eigenvalue weighted by atomic mass is 16.5. The standard InChI is InChI=1S/C12H16N4O/c1-8(2)16-7-10(6-14-16)17-12-5-4-11(13)9(3)15-12/h4-8H,13H2,1-3H3. The van der Waals surface area contributed by atoms with Gasteiger partial charge in [-0.25, -0.2) is 4.98 Å². The highest BCUT2D eigenvalue weighted by Gasteiger charge is 2.05. The monoisotopic (exact) mass is 232 g/mol. The highest BCUT2D eigenvalue weighted by Crippen LogP contribution is 2.21. The zero-order valence-electron chi connectivity index (χ0n) is 10.2. The van der Waals surface area contributed by atoms with Gasteiger partial charge in [0, 0.05) is 12.1 Å². The van der Waals surface area contributed by atoms with Gasteiger partial charge in [-0.05, 0) is 26.8 Å². The average Bonchev–Trinajstić information content (AvgIpc) is 2.72. The Morgan fingerprint density at radius 2 is 2.12 bits per heavy atom. The van der Waals surface area contributed by atoms with Crippen molar-refractivity contribution in [3.05, 3.63) is 30.2 Å². The molecule has 0 aliphatic carbocycles. The van der Waals surface area contributed by atoms with E-state index >= 15 is 0 Å². The molecule has 0 saturated heterocycles. The highest BCUT2D eigenvalue weighted by molar-refractivity contribution is 5.44. The summed E-state index contributed by atoms with van der Waals surface area (Å²) in [6, 6.07) is 3.84. The largest absolute Gasteiger partial charge is 0.436 e. The van der Waals surface area contributed by atoms with Crippen molar-refractivity contribution in [1.29, 1.82) is 0 Å². The maximum atomic E-state index is 5.69. The number of nitrogens with zero attached hydrogens (tertiary/aromatic N) is 3. The van der Waals surface area contributed by atoms with Crippen LogP contribution in [0.5, 0.6) is 11.6 Å². The molecule has 0 saturated carbocycles. The minimum Gasteiger partial charge on any atom is -0.436 e. The van der Waals surface area contributed by atoms with Gasteiger partial charge < -0.3 is 10.5 Å². The second-order valence-electron chi connectivity index (χ2n) is 4.18. The summed E-state index contributed by atoms with van der Waals surface area (Å²) in [5, 5.41) is 4.19.